The number of nitrogens with zero attached hydrogens (tertiary/aromatic N) is 1. The summed E-state index contributed by atoms with van der Waals surface area (Å²) in [5, 5.41) is 11.9. The van der Waals surface area contributed by atoms with Gasteiger partial charge in [0.15, 0.2) is 0 Å². The summed E-state index contributed by atoms with van der Waals surface area (Å²) in [7, 11) is 0. The van der Waals surface area contributed by atoms with Crippen LogP contribution < -0.4 is 5.32 Å². The number of carboxylic acid groups (broad SMARTS) is 1. The Kier molecular flexibility index (Phi) is 4.35. The zero-order chi connectivity index (χ0) is 17.2. The van der Waals surface area contributed by atoms with Crippen LogP contribution in [0.4, 0.5) is 0 Å². The number of nitrogens with one attached hydrogen (secondary N) is 1. The Labute approximate surface area is 138 Å². The molecule has 1 amide bonds. The number of carbonyl (C=O) groups excluding carboxylic acids is 1. The maximum atomic E-state index is 12.6. The van der Waals surface area contributed by atoms with Crippen molar-refractivity contribution in [1.29, 1.82) is 0 Å². The number of aliphatic carboxylic acids is 1. The molecule has 1 atom stereocenters. The number of aryl methyl sites for hydroxylation is 1. The highest BCUT2D eigenvalue weighted by molar-refractivity contribution is 5.93. The van der Waals surface area contributed by atoms with Crippen LogP contribution in [0.2, 0.25) is 0 Å². The second-order valence-electron chi connectivity index (χ2n) is 5.91. The molecule has 1 aliphatic rings. The van der Waals surface area contributed by atoms with Crippen LogP contribution in [0.15, 0.2) is 34.7 Å². The fourth-order valence-corrected chi connectivity index (χ4v) is 2.79. The molecule has 2 N–H and O–H groups in total. The molecule has 1 saturated heterocycles. The van der Waals surface area contributed by atoms with Crippen molar-refractivity contribution < 1.29 is 23.8 Å². The van der Waals surface area contributed by atoms with Crippen molar-refractivity contribution >= 4 is 11.9 Å². The average Bonchev–Trinajstić information content (AvgIpc) is 3.14. The number of oxazole rings is 1. The minimum Gasteiger partial charge on any atom is -0.481 e. The number of hydrogen-bond donors (Lipinski definition) is 2. The molecule has 126 valence electrons. The monoisotopic (exact) mass is 330 g/mol. The lowest BCUT2D eigenvalue weighted by Gasteiger charge is -2.26. The molecule has 1 aromatic heterocycles. The predicted octanol–water partition coefficient (Wildman–Crippen LogP) is 2.01. The molecule has 0 spiro atoms. The van der Waals surface area contributed by atoms with E-state index >= 15 is 0 Å². The third-order valence-electron chi connectivity index (χ3n) is 4.00. The number of carboxylic acids is 1. The maximum Gasteiger partial charge on any atom is 0.305 e. The highest BCUT2D eigenvalue weighted by Crippen LogP contribution is 2.25. The third-order valence-corrected chi connectivity index (χ3v) is 4.00. The second kappa shape index (κ2) is 6.45. The van der Waals surface area contributed by atoms with Gasteiger partial charge in [-0.3, -0.25) is 9.59 Å². The largest absolute Gasteiger partial charge is 0.481 e. The summed E-state index contributed by atoms with van der Waals surface area (Å²) in [6.45, 7) is 2.27. The molecular formula is C17H18N2O5. The lowest BCUT2D eigenvalue weighted by atomic mass is 9.94. The number of carbonyl (C=O) groups is 2. The first-order valence-electron chi connectivity index (χ1n) is 7.64. The SMILES string of the molecule is Cc1nc(-c2ccccc2)oc1C(=O)NC1(CC(=O)O)CCOC1. The Balaban J connectivity index is 1.82. The van der Waals surface area contributed by atoms with Crippen molar-refractivity contribution in [2.75, 3.05) is 13.2 Å². The van der Waals surface area contributed by atoms with Crippen molar-refractivity contribution in [3.8, 4) is 11.5 Å². The van der Waals surface area contributed by atoms with E-state index in [1.807, 2.05) is 30.3 Å². The highest BCUT2D eigenvalue weighted by Gasteiger charge is 2.39. The van der Waals surface area contributed by atoms with Gasteiger partial charge in [-0.2, -0.15) is 0 Å². The smallest absolute Gasteiger partial charge is 0.305 e. The standard InChI is InChI=1S/C17H18N2O5/c1-11-14(24-16(18-11)12-5-3-2-4-6-12)15(22)19-17(9-13(20)21)7-8-23-10-17/h2-6H,7-10H2,1H3,(H,19,22)(H,20,21). The van der Waals surface area contributed by atoms with Gasteiger partial charge in [0.25, 0.3) is 5.91 Å². The predicted molar refractivity (Wildman–Crippen MR) is 84.6 cm³/mol. The fraction of sp³-hybridized carbons (Fsp3) is 0.353. The molecule has 1 fully saturated rings. The van der Waals surface area contributed by atoms with Gasteiger partial charge in [0.05, 0.1) is 24.3 Å². The quantitative estimate of drug-likeness (QED) is 0.869. The van der Waals surface area contributed by atoms with Gasteiger partial charge in [-0.25, -0.2) is 4.98 Å². The molecule has 0 aliphatic carbocycles. The minimum absolute atomic E-state index is 0.0884. The Hall–Kier alpha value is -2.67. The van der Waals surface area contributed by atoms with Crippen LogP contribution in [-0.2, 0) is 9.53 Å². The van der Waals surface area contributed by atoms with Crippen molar-refractivity contribution in [1.82, 2.24) is 10.3 Å². The van der Waals surface area contributed by atoms with Gasteiger partial charge in [0, 0.05) is 12.2 Å². The van der Waals surface area contributed by atoms with Crippen molar-refractivity contribution in [2.45, 2.75) is 25.3 Å². The van der Waals surface area contributed by atoms with Crippen LogP contribution in [0.5, 0.6) is 0 Å². The van der Waals surface area contributed by atoms with Crippen LogP contribution in [0, 0.1) is 6.92 Å². The molecule has 1 aromatic carbocycles. The van der Waals surface area contributed by atoms with Gasteiger partial charge in [-0.15, -0.1) is 0 Å². The summed E-state index contributed by atoms with van der Waals surface area (Å²) >= 11 is 0. The first kappa shape index (κ1) is 16.2. The molecule has 1 aliphatic heterocycles. The van der Waals surface area contributed by atoms with Crippen LogP contribution in [-0.4, -0.2) is 40.7 Å². The second-order valence-corrected chi connectivity index (χ2v) is 5.91. The van der Waals surface area contributed by atoms with E-state index in [0.29, 0.717) is 24.6 Å². The average molecular weight is 330 g/mol. The van der Waals surface area contributed by atoms with Crippen molar-refractivity contribution in [3.05, 3.63) is 41.8 Å². The first-order valence-corrected chi connectivity index (χ1v) is 7.64. The van der Waals surface area contributed by atoms with Gasteiger partial charge in [-0.1, -0.05) is 18.2 Å². The molecule has 7 nitrogen and oxygen atoms in total. The zero-order valence-electron chi connectivity index (χ0n) is 13.2. The molecule has 0 radical (unpaired) electrons. The van der Waals surface area contributed by atoms with Crippen LogP contribution in [0.25, 0.3) is 11.5 Å². The molecule has 0 saturated carbocycles. The fourth-order valence-electron chi connectivity index (χ4n) is 2.79. The maximum absolute atomic E-state index is 12.6. The van der Waals surface area contributed by atoms with E-state index in [9.17, 15) is 9.59 Å². The molecule has 3 rings (SSSR count). The number of hydrogen-bond acceptors (Lipinski definition) is 5. The van der Waals surface area contributed by atoms with Crippen LogP contribution in [0.3, 0.4) is 0 Å². The highest BCUT2D eigenvalue weighted by atomic mass is 16.5. The van der Waals surface area contributed by atoms with Crippen LogP contribution >= 0.6 is 0 Å². The van der Waals surface area contributed by atoms with Crippen LogP contribution in [0.1, 0.15) is 29.1 Å². The molecule has 0 bridgehead atoms. The van der Waals surface area contributed by atoms with Gasteiger partial charge in [-0.05, 0) is 25.5 Å². The number of aromatic nitrogens is 1. The van der Waals surface area contributed by atoms with E-state index in [4.69, 9.17) is 14.3 Å². The number of ether oxygens (including phenoxy) is 1. The summed E-state index contributed by atoms with van der Waals surface area (Å²) < 4.78 is 10.9. The zero-order valence-corrected chi connectivity index (χ0v) is 13.2. The van der Waals surface area contributed by atoms with E-state index in [0.717, 1.165) is 5.56 Å². The summed E-state index contributed by atoms with van der Waals surface area (Å²) in [5.41, 5.74) is 0.314. The van der Waals surface area contributed by atoms with Gasteiger partial charge < -0.3 is 19.6 Å². The van der Waals surface area contributed by atoms with E-state index in [1.54, 1.807) is 6.92 Å². The third kappa shape index (κ3) is 3.30. The lowest BCUT2D eigenvalue weighted by molar-refractivity contribution is -0.138. The Morgan fingerprint density at radius 3 is 2.71 bits per heavy atom. The molecule has 1 unspecified atom stereocenters. The Bertz CT molecular complexity index is 748. The van der Waals surface area contributed by atoms with E-state index in [-0.39, 0.29) is 18.8 Å². The van der Waals surface area contributed by atoms with E-state index < -0.39 is 17.4 Å². The summed E-state index contributed by atoms with van der Waals surface area (Å²) in [5.74, 6) is -1.02. The lowest BCUT2D eigenvalue weighted by Crippen LogP contribution is -2.50. The van der Waals surface area contributed by atoms with E-state index in [2.05, 4.69) is 10.3 Å². The Morgan fingerprint density at radius 1 is 1.33 bits per heavy atom. The molecule has 2 heterocycles. The molecular weight excluding hydrogens is 312 g/mol. The minimum atomic E-state index is -0.986. The van der Waals surface area contributed by atoms with Gasteiger partial charge >= 0.3 is 5.97 Å². The Morgan fingerprint density at radius 2 is 2.08 bits per heavy atom. The number of amides is 1. The number of rotatable bonds is 5. The molecule has 24 heavy (non-hydrogen) atoms. The summed E-state index contributed by atoms with van der Waals surface area (Å²) in [6, 6.07) is 9.26. The molecule has 2 aromatic rings. The summed E-state index contributed by atoms with van der Waals surface area (Å²) in [6.07, 6.45) is 0.251. The van der Waals surface area contributed by atoms with Gasteiger partial charge in [0.2, 0.25) is 11.7 Å². The van der Waals surface area contributed by atoms with Crippen molar-refractivity contribution in [3.63, 3.8) is 0 Å². The number of benzene rings is 1. The normalized spacial score (nSPS) is 20.0. The topological polar surface area (TPSA) is 102 Å². The first-order chi connectivity index (χ1) is 11.5. The van der Waals surface area contributed by atoms with E-state index in [1.165, 1.54) is 0 Å². The van der Waals surface area contributed by atoms with Crippen molar-refractivity contribution in [2.24, 2.45) is 0 Å². The summed E-state index contributed by atoms with van der Waals surface area (Å²) in [4.78, 5) is 27.9. The molecule has 7 heteroatoms. The van der Waals surface area contributed by atoms with Gasteiger partial charge in [0.1, 0.15) is 0 Å².